The SMILES string of the molecule is CN(C)CC1CCN(C)CC1.CNCN1CCN(C)CC1. The molecular weight excluding hydrogens is 262 g/mol. The normalized spacial score (nSPS) is 23.1. The molecule has 2 heterocycles. The van der Waals surface area contributed by atoms with Gasteiger partial charge in [-0.2, -0.15) is 0 Å². The van der Waals surface area contributed by atoms with Gasteiger partial charge in [0.15, 0.2) is 0 Å². The number of likely N-dealkylation sites (tertiary alicyclic amines) is 1. The van der Waals surface area contributed by atoms with Crippen molar-refractivity contribution in [2.24, 2.45) is 5.92 Å². The van der Waals surface area contributed by atoms with Crippen LogP contribution in [-0.2, 0) is 0 Å². The number of hydrogen-bond donors (Lipinski definition) is 1. The molecule has 0 aliphatic carbocycles. The summed E-state index contributed by atoms with van der Waals surface area (Å²) in [5.41, 5.74) is 0. The summed E-state index contributed by atoms with van der Waals surface area (Å²) in [7, 11) is 10.7. The first kappa shape index (κ1) is 18.8. The molecule has 2 rings (SSSR count). The fourth-order valence-corrected chi connectivity index (χ4v) is 2.99. The minimum absolute atomic E-state index is 0.946. The molecule has 2 aliphatic rings. The molecule has 5 nitrogen and oxygen atoms in total. The van der Waals surface area contributed by atoms with Gasteiger partial charge in [-0.25, -0.2) is 0 Å². The second-order valence-corrected chi connectivity index (χ2v) is 6.94. The molecule has 1 N–H and O–H groups in total. The van der Waals surface area contributed by atoms with E-state index in [0.29, 0.717) is 0 Å². The van der Waals surface area contributed by atoms with E-state index in [9.17, 15) is 0 Å². The Balaban J connectivity index is 0.000000211. The van der Waals surface area contributed by atoms with Crippen LogP contribution in [0.15, 0.2) is 0 Å². The van der Waals surface area contributed by atoms with Crippen molar-refractivity contribution in [2.75, 3.05) is 87.7 Å². The predicted octanol–water partition coefficient (Wildman–Crippen LogP) is 0.301. The molecule has 0 bridgehead atoms. The quantitative estimate of drug-likeness (QED) is 0.805. The third-order valence-electron chi connectivity index (χ3n) is 4.44. The number of nitrogens with one attached hydrogen (secondary N) is 1. The summed E-state index contributed by atoms with van der Waals surface area (Å²) in [6.07, 6.45) is 2.77. The van der Waals surface area contributed by atoms with Crippen LogP contribution in [0.3, 0.4) is 0 Å². The van der Waals surface area contributed by atoms with Crippen molar-refractivity contribution in [3.05, 3.63) is 0 Å². The average molecular weight is 300 g/mol. The van der Waals surface area contributed by atoms with Gasteiger partial charge in [-0.1, -0.05) is 0 Å². The fraction of sp³-hybridized carbons (Fsp3) is 1.00. The minimum Gasteiger partial charge on any atom is -0.309 e. The van der Waals surface area contributed by atoms with Gasteiger partial charge >= 0.3 is 0 Å². The van der Waals surface area contributed by atoms with Gasteiger partial charge in [0.05, 0.1) is 0 Å². The topological polar surface area (TPSA) is 25.0 Å². The van der Waals surface area contributed by atoms with Crippen LogP contribution >= 0.6 is 0 Å². The third-order valence-corrected chi connectivity index (χ3v) is 4.44. The molecule has 2 saturated heterocycles. The molecule has 0 amide bonds. The largest absolute Gasteiger partial charge is 0.309 e. The molecule has 0 atom stereocenters. The van der Waals surface area contributed by atoms with E-state index in [1.54, 1.807) is 0 Å². The van der Waals surface area contributed by atoms with E-state index in [1.165, 1.54) is 58.7 Å². The monoisotopic (exact) mass is 299 g/mol. The molecule has 0 aromatic heterocycles. The van der Waals surface area contributed by atoms with Gasteiger partial charge in [-0.15, -0.1) is 0 Å². The summed E-state index contributed by atoms with van der Waals surface area (Å²) >= 11 is 0. The lowest BCUT2D eigenvalue weighted by atomic mass is 9.97. The van der Waals surface area contributed by atoms with Crippen LogP contribution in [0, 0.1) is 5.92 Å². The second kappa shape index (κ2) is 10.5. The number of piperidine rings is 1. The summed E-state index contributed by atoms with van der Waals surface area (Å²) < 4.78 is 0. The van der Waals surface area contributed by atoms with Crippen LogP contribution in [0.4, 0.5) is 0 Å². The molecule has 0 aromatic rings. The number of hydrogen-bond acceptors (Lipinski definition) is 5. The zero-order valence-electron chi connectivity index (χ0n) is 14.9. The van der Waals surface area contributed by atoms with Crippen LogP contribution in [0.2, 0.25) is 0 Å². The van der Waals surface area contributed by atoms with Crippen LogP contribution in [0.25, 0.3) is 0 Å². The van der Waals surface area contributed by atoms with Gasteiger partial charge in [0.1, 0.15) is 0 Å². The first-order valence-corrected chi connectivity index (χ1v) is 8.40. The van der Waals surface area contributed by atoms with Crippen molar-refractivity contribution in [3.8, 4) is 0 Å². The van der Waals surface area contributed by atoms with Crippen molar-refractivity contribution < 1.29 is 0 Å². The Kier molecular flexibility index (Phi) is 9.44. The van der Waals surface area contributed by atoms with Crippen LogP contribution < -0.4 is 5.32 Å². The van der Waals surface area contributed by atoms with Gasteiger partial charge < -0.3 is 20.0 Å². The van der Waals surface area contributed by atoms with Crippen molar-refractivity contribution in [1.29, 1.82) is 0 Å². The summed E-state index contributed by atoms with van der Waals surface area (Å²) in [4.78, 5) is 9.52. The zero-order chi connectivity index (χ0) is 15.7. The Morgan fingerprint density at radius 2 is 1.43 bits per heavy atom. The average Bonchev–Trinajstić information content (AvgIpc) is 2.44. The smallest absolute Gasteiger partial charge is 0.0479 e. The Hall–Kier alpha value is -0.200. The van der Waals surface area contributed by atoms with E-state index in [-0.39, 0.29) is 0 Å². The first-order valence-electron chi connectivity index (χ1n) is 8.40. The van der Waals surface area contributed by atoms with Crippen molar-refractivity contribution >= 4 is 0 Å². The maximum absolute atomic E-state index is 3.16. The lowest BCUT2D eigenvalue weighted by molar-refractivity contribution is 0.148. The van der Waals surface area contributed by atoms with Gasteiger partial charge in [0, 0.05) is 39.4 Å². The van der Waals surface area contributed by atoms with Gasteiger partial charge in [0.2, 0.25) is 0 Å². The highest BCUT2D eigenvalue weighted by molar-refractivity contribution is 4.71. The molecular formula is C16H37N5. The van der Waals surface area contributed by atoms with Crippen molar-refractivity contribution in [1.82, 2.24) is 24.9 Å². The molecule has 21 heavy (non-hydrogen) atoms. The van der Waals surface area contributed by atoms with Gasteiger partial charge in [-0.3, -0.25) is 4.90 Å². The lowest BCUT2D eigenvalue weighted by Gasteiger charge is -2.31. The minimum atomic E-state index is 0.946. The van der Waals surface area contributed by atoms with Gasteiger partial charge in [0.25, 0.3) is 0 Å². The molecule has 5 heteroatoms. The highest BCUT2D eigenvalue weighted by Gasteiger charge is 2.16. The van der Waals surface area contributed by atoms with Gasteiger partial charge in [-0.05, 0) is 67.1 Å². The van der Waals surface area contributed by atoms with Crippen molar-refractivity contribution in [3.63, 3.8) is 0 Å². The molecule has 2 fully saturated rings. The first-order chi connectivity index (χ1) is 10.0. The molecule has 0 saturated carbocycles. The second-order valence-electron chi connectivity index (χ2n) is 6.94. The van der Waals surface area contributed by atoms with E-state index in [1.807, 2.05) is 7.05 Å². The highest BCUT2D eigenvalue weighted by Crippen LogP contribution is 2.15. The maximum Gasteiger partial charge on any atom is 0.0479 e. The third kappa shape index (κ3) is 8.73. The van der Waals surface area contributed by atoms with Crippen LogP contribution in [-0.4, -0.2) is 107 Å². The molecule has 0 spiro atoms. The lowest BCUT2D eigenvalue weighted by Crippen LogP contribution is -2.47. The Morgan fingerprint density at radius 3 is 1.90 bits per heavy atom. The summed E-state index contributed by atoms with van der Waals surface area (Å²) in [6.45, 7) is 9.72. The van der Waals surface area contributed by atoms with Crippen LogP contribution in [0.5, 0.6) is 0 Å². The Morgan fingerprint density at radius 1 is 0.905 bits per heavy atom. The van der Waals surface area contributed by atoms with E-state index >= 15 is 0 Å². The summed E-state index contributed by atoms with van der Waals surface area (Å²) in [6, 6.07) is 0. The highest BCUT2D eigenvalue weighted by atomic mass is 15.3. The Bertz CT molecular complexity index is 243. The fourth-order valence-electron chi connectivity index (χ4n) is 2.99. The number of likely N-dealkylation sites (N-methyl/N-ethyl adjacent to an activating group) is 1. The van der Waals surface area contributed by atoms with Crippen molar-refractivity contribution in [2.45, 2.75) is 12.8 Å². The molecule has 0 aromatic carbocycles. The van der Waals surface area contributed by atoms with E-state index in [2.05, 4.69) is 53.1 Å². The molecule has 126 valence electrons. The standard InChI is InChI=1S/C9H20N2.C7H17N3/c1-10(2)8-9-4-6-11(3)7-5-9;1-8-7-10-5-3-9(2)4-6-10/h9H,4-8H2,1-3H3;8H,3-7H2,1-2H3. The summed E-state index contributed by atoms with van der Waals surface area (Å²) in [5.74, 6) is 0.946. The predicted molar refractivity (Wildman–Crippen MR) is 91.8 cm³/mol. The zero-order valence-corrected chi connectivity index (χ0v) is 14.9. The molecule has 2 aliphatic heterocycles. The van der Waals surface area contributed by atoms with Crippen LogP contribution in [0.1, 0.15) is 12.8 Å². The molecule has 0 radical (unpaired) electrons. The van der Waals surface area contributed by atoms with E-state index < -0.39 is 0 Å². The summed E-state index contributed by atoms with van der Waals surface area (Å²) in [5, 5.41) is 3.16. The number of rotatable bonds is 4. The maximum atomic E-state index is 3.16. The molecule has 0 unspecified atom stereocenters. The van der Waals surface area contributed by atoms with E-state index in [0.717, 1.165) is 12.6 Å². The Labute approximate surface area is 132 Å². The number of piperazine rings is 1. The number of nitrogens with zero attached hydrogens (tertiary/aromatic N) is 4. The van der Waals surface area contributed by atoms with E-state index in [4.69, 9.17) is 0 Å².